The summed E-state index contributed by atoms with van der Waals surface area (Å²) in [7, 11) is 0. The Kier molecular flexibility index (Phi) is 4.02. The van der Waals surface area contributed by atoms with Crippen molar-refractivity contribution < 1.29 is 9.47 Å². The molecule has 0 aliphatic carbocycles. The molecule has 1 aliphatic heterocycles. The third-order valence-corrected chi connectivity index (χ3v) is 2.56. The fourth-order valence-corrected chi connectivity index (χ4v) is 1.56. The van der Waals surface area contributed by atoms with Crippen molar-refractivity contribution in [3.8, 4) is 0 Å². The van der Waals surface area contributed by atoms with Gasteiger partial charge < -0.3 is 9.47 Å². The molecule has 1 rings (SSSR count). The predicted octanol–water partition coefficient (Wildman–Crippen LogP) is 2.08. The minimum Gasteiger partial charge on any atom is -0.379 e. The van der Waals surface area contributed by atoms with Crippen molar-refractivity contribution in [2.24, 2.45) is 11.8 Å². The molecule has 0 spiro atoms. The molecule has 12 heavy (non-hydrogen) atoms. The Balaban J connectivity index is 2.17. The van der Waals surface area contributed by atoms with Crippen LogP contribution in [0.5, 0.6) is 0 Å². The lowest BCUT2D eigenvalue weighted by Gasteiger charge is -2.11. The highest BCUT2D eigenvalue weighted by Crippen LogP contribution is 2.26. The van der Waals surface area contributed by atoms with Crippen molar-refractivity contribution in [2.75, 3.05) is 19.8 Å². The smallest absolute Gasteiger partial charge is 0.0812 e. The highest BCUT2D eigenvalue weighted by atomic mass is 16.5. The normalized spacial score (nSPS) is 30.0. The Morgan fingerprint density at radius 3 is 2.75 bits per heavy atom. The molecule has 1 aliphatic rings. The molecule has 0 unspecified atom stereocenters. The van der Waals surface area contributed by atoms with Crippen LogP contribution in [-0.4, -0.2) is 25.9 Å². The lowest BCUT2D eigenvalue weighted by atomic mass is 9.93. The SMILES string of the molecule is CCOC[C@@H]1C[C@H](C(C)C)CO1. The lowest BCUT2D eigenvalue weighted by molar-refractivity contribution is 0.0205. The van der Waals surface area contributed by atoms with E-state index in [4.69, 9.17) is 9.47 Å². The quantitative estimate of drug-likeness (QED) is 0.646. The van der Waals surface area contributed by atoms with Crippen LogP contribution in [0.25, 0.3) is 0 Å². The van der Waals surface area contributed by atoms with Crippen LogP contribution in [0.2, 0.25) is 0 Å². The van der Waals surface area contributed by atoms with Crippen LogP contribution in [0.4, 0.5) is 0 Å². The maximum absolute atomic E-state index is 5.60. The monoisotopic (exact) mass is 172 g/mol. The van der Waals surface area contributed by atoms with Crippen molar-refractivity contribution >= 4 is 0 Å². The molecular weight excluding hydrogens is 152 g/mol. The molecule has 0 N–H and O–H groups in total. The van der Waals surface area contributed by atoms with Gasteiger partial charge in [-0.05, 0) is 25.2 Å². The summed E-state index contributed by atoms with van der Waals surface area (Å²) < 4.78 is 10.9. The fraction of sp³-hybridized carbons (Fsp3) is 1.00. The summed E-state index contributed by atoms with van der Waals surface area (Å²) in [4.78, 5) is 0. The molecule has 0 radical (unpaired) electrons. The van der Waals surface area contributed by atoms with Crippen LogP contribution < -0.4 is 0 Å². The van der Waals surface area contributed by atoms with E-state index in [9.17, 15) is 0 Å². The summed E-state index contributed by atoms with van der Waals surface area (Å²) in [5.41, 5.74) is 0. The first-order chi connectivity index (χ1) is 5.74. The van der Waals surface area contributed by atoms with E-state index in [2.05, 4.69) is 13.8 Å². The summed E-state index contributed by atoms with van der Waals surface area (Å²) in [5, 5.41) is 0. The highest BCUT2D eigenvalue weighted by Gasteiger charge is 2.27. The van der Waals surface area contributed by atoms with Crippen molar-refractivity contribution in [3.05, 3.63) is 0 Å². The summed E-state index contributed by atoms with van der Waals surface area (Å²) in [6, 6.07) is 0. The second kappa shape index (κ2) is 4.83. The van der Waals surface area contributed by atoms with Gasteiger partial charge in [0.25, 0.3) is 0 Å². The van der Waals surface area contributed by atoms with Crippen molar-refractivity contribution in [2.45, 2.75) is 33.3 Å². The third-order valence-electron chi connectivity index (χ3n) is 2.56. The topological polar surface area (TPSA) is 18.5 Å². The molecule has 0 aromatic heterocycles. The first-order valence-corrected chi connectivity index (χ1v) is 4.93. The molecule has 1 heterocycles. The van der Waals surface area contributed by atoms with Crippen LogP contribution in [0.1, 0.15) is 27.2 Å². The Hall–Kier alpha value is -0.0800. The molecule has 0 aromatic carbocycles. The third kappa shape index (κ3) is 2.76. The second-order valence-electron chi connectivity index (χ2n) is 3.85. The zero-order valence-electron chi connectivity index (χ0n) is 8.38. The lowest BCUT2D eigenvalue weighted by Crippen LogP contribution is -2.14. The molecule has 0 bridgehead atoms. The fourth-order valence-electron chi connectivity index (χ4n) is 1.56. The molecule has 1 fully saturated rings. The van der Waals surface area contributed by atoms with Gasteiger partial charge in [-0.15, -0.1) is 0 Å². The minimum absolute atomic E-state index is 0.359. The Morgan fingerprint density at radius 1 is 1.50 bits per heavy atom. The van der Waals surface area contributed by atoms with Crippen molar-refractivity contribution in [1.82, 2.24) is 0 Å². The number of hydrogen-bond acceptors (Lipinski definition) is 2. The first kappa shape index (κ1) is 10.0. The van der Waals surface area contributed by atoms with Gasteiger partial charge in [0, 0.05) is 6.61 Å². The van der Waals surface area contributed by atoms with E-state index in [0.29, 0.717) is 6.10 Å². The van der Waals surface area contributed by atoms with Gasteiger partial charge in [0.05, 0.1) is 19.3 Å². The molecule has 2 heteroatoms. The Bertz CT molecular complexity index is 123. The summed E-state index contributed by atoms with van der Waals surface area (Å²) in [5.74, 6) is 1.49. The van der Waals surface area contributed by atoms with Gasteiger partial charge in [-0.3, -0.25) is 0 Å². The molecule has 2 nitrogen and oxygen atoms in total. The van der Waals surface area contributed by atoms with Crippen LogP contribution in [0.15, 0.2) is 0 Å². The maximum Gasteiger partial charge on any atom is 0.0812 e. The van der Waals surface area contributed by atoms with E-state index >= 15 is 0 Å². The van der Waals surface area contributed by atoms with Gasteiger partial charge in [0.15, 0.2) is 0 Å². The van der Waals surface area contributed by atoms with E-state index in [1.165, 1.54) is 6.42 Å². The average Bonchev–Trinajstić information content (AvgIpc) is 2.48. The van der Waals surface area contributed by atoms with Gasteiger partial charge in [0.1, 0.15) is 0 Å². The maximum atomic E-state index is 5.60. The summed E-state index contributed by atoms with van der Waals surface area (Å²) >= 11 is 0. The molecule has 1 saturated heterocycles. The van der Waals surface area contributed by atoms with Crippen LogP contribution in [0.3, 0.4) is 0 Å². The zero-order chi connectivity index (χ0) is 8.97. The van der Waals surface area contributed by atoms with Gasteiger partial charge >= 0.3 is 0 Å². The Labute approximate surface area is 75.2 Å². The molecule has 0 aromatic rings. The van der Waals surface area contributed by atoms with Crippen LogP contribution in [-0.2, 0) is 9.47 Å². The molecule has 2 atom stereocenters. The van der Waals surface area contributed by atoms with E-state index in [-0.39, 0.29) is 0 Å². The van der Waals surface area contributed by atoms with Crippen molar-refractivity contribution in [1.29, 1.82) is 0 Å². The van der Waals surface area contributed by atoms with E-state index < -0.39 is 0 Å². The summed E-state index contributed by atoms with van der Waals surface area (Å²) in [6.07, 6.45) is 1.54. The number of ether oxygens (including phenoxy) is 2. The van der Waals surface area contributed by atoms with Crippen LogP contribution >= 0.6 is 0 Å². The van der Waals surface area contributed by atoms with Crippen LogP contribution in [0, 0.1) is 11.8 Å². The number of rotatable bonds is 4. The van der Waals surface area contributed by atoms with Crippen molar-refractivity contribution in [3.63, 3.8) is 0 Å². The van der Waals surface area contributed by atoms with Gasteiger partial charge in [-0.1, -0.05) is 13.8 Å². The minimum atomic E-state index is 0.359. The Morgan fingerprint density at radius 2 is 2.25 bits per heavy atom. The first-order valence-electron chi connectivity index (χ1n) is 4.93. The summed E-state index contributed by atoms with van der Waals surface area (Å²) in [6.45, 7) is 9.05. The van der Waals surface area contributed by atoms with Gasteiger partial charge in [0.2, 0.25) is 0 Å². The van der Waals surface area contributed by atoms with E-state index in [1.807, 2.05) is 6.92 Å². The number of hydrogen-bond donors (Lipinski definition) is 0. The second-order valence-corrected chi connectivity index (χ2v) is 3.85. The molecule has 0 saturated carbocycles. The average molecular weight is 172 g/mol. The van der Waals surface area contributed by atoms with Gasteiger partial charge in [-0.2, -0.15) is 0 Å². The standard InChI is InChI=1S/C10H20O2/c1-4-11-7-10-5-9(6-12-10)8(2)3/h8-10H,4-7H2,1-3H3/t9-,10-/m0/s1. The molecule has 72 valence electrons. The van der Waals surface area contributed by atoms with E-state index in [0.717, 1.165) is 31.7 Å². The highest BCUT2D eigenvalue weighted by molar-refractivity contribution is 4.75. The largest absolute Gasteiger partial charge is 0.379 e. The molecule has 0 amide bonds. The zero-order valence-corrected chi connectivity index (χ0v) is 8.38. The van der Waals surface area contributed by atoms with E-state index in [1.54, 1.807) is 0 Å². The van der Waals surface area contributed by atoms with Gasteiger partial charge in [-0.25, -0.2) is 0 Å². The molecular formula is C10H20O2. The predicted molar refractivity (Wildman–Crippen MR) is 49.2 cm³/mol.